The molecule has 0 aromatic heterocycles. The van der Waals surface area contributed by atoms with Gasteiger partial charge in [-0.2, -0.15) is 5.26 Å². The number of rotatable bonds is 1. The number of hydrogen-bond donors (Lipinski definition) is 0. The van der Waals surface area contributed by atoms with Gasteiger partial charge in [0.2, 0.25) is 0 Å². The van der Waals surface area contributed by atoms with Crippen molar-refractivity contribution in [3.05, 3.63) is 11.1 Å². The van der Waals surface area contributed by atoms with E-state index < -0.39 is 17.7 Å². The summed E-state index contributed by atoms with van der Waals surface area (Å²) in [7, 11) is 1.25. The highest BCUT2D eigenvalue weighted by Crippen LogP contribution is 2.20. The molecule has 1 heterocycles. The number of amides is 1. The molecule has 0 aliphatic carbocycles. The zero-order valence-electron chi connectivity index (χ0n) is 11.6. The number of esters is 1. The summed E-state index contributed by atoms with van der Waals surface area (Å²) < 4.78 is 9.86. The van der Waals surface area contributed by atoms with Crippen LogP contribution in [0.15, 0.2) is 11.1 Å². The molecule has 1 amide bonds. The summed E-state index contributed by atoms with van der Waals surface area (Å²) in [5, 5.41) is 8.97. The summed E-state index contributed by atoms with van der Waals surface area (Å²) in [6, 6.07) is 1.98. The Bertz CT molecular complexity index is 454. The Morgan fingerprint density at radius 3 is 2.47 bits per heavy atom. The molecule has 0 bridgehead atoms. The molecule has 0 unspecified atom stereocenters. The second-order valence-electron chi connectivity index (χ2n) is 5.21. The van der Waals surface area contributed by atoms with Gasteiger partial charge in [0.05, 0.1) is 25.3 Å². The molecular weight excluding hydrogens is 248 g/mol. The van der Waals surface area contributed by atoms with Crippen LogP contribution >= 0.6 is 0 Å². The van der Waals surface area contributed by atoms with E-state index in [9.17, 15) is 9.59 Å². The van der Waals surface area contributed by atoms with E-state index in [0.29, 0.717) is 18.5 Å². The van der Waals surface area contributed by atoms with Gasteiger partial charge in [-0.15, -0.1) is 0 Å². The van der Waals surface area contributed by atoms with E-state index in [2.05, 4.69) is 4.74 Å². The van der Waals surface area contributed by atoms with Crippen molar-refractivity contribution in [2.45, 2.75) is 32.8 Å². The van der Waals surface area contributed by atoms with Crippen LogP contribution in [0.4, 0.5) is 4.79 Å². The van der Waals surface area contributed by atoms with Gasteiger partial charge < -0.3 is 14.4 Å². The highest BCUT2D eigenvalue weighted by atomic mass is 16.6. The van der Waals surface area contributed by atoms with E-state index in [4.69, 9.17) is 10.00 Å². The number of nitrogens with zero attached hydrogens (tertiary/aromatic N) is 2. The standard InChI is InChI=1S/C13H18N2O4/c1-13(2,3)19-12(17)15-6-5-9(7-14)10(8-15)11(16)18-4/h5-6,8H2,1-4H3. The molecule has 1 aliphatic heterocycles. The SMILES string of the molecule is COC(=O)C1=C(C#N)CCN(C(=O)OC(C)(C)C)C1. The van der Waals surface area contributed by atoms with Crippen molar-refractivity contribution in [1.82, 2.24) is 4.90 Å². The maximum absolute atomic E-state index is 11.9. The van der Waals surface area contributed by atoms with Crippen molar-refractivity contribution in [2.75, 3.05) is 20.2 Å². The molecule has 0 N–H and O–H groups in total. The third-order valence-electron chi connectivity index (χ3n) is 2.56. The fourth-order valence-electron chi connectivity index (χ4n) is 1.68. The average Bonchev–Trinajstić information content (AvgIpc) is 2.35. The van der Waals surface area contributed by atoms with E-state index in [1.54, 1.807) is 20.8 Å². The average molecular weight is 266 g/mol. The smallest absolute Gasteiger partial charge is 0.410 e. The maximum atomic E-state index is 11.9. The molecule has 6 nitrogen and oxygen atoms in total. The summed E-state index contributed by atoms with van der Waals surface area (Å²) >= 11 is 0. The first-order valence-corrected chi connectivity index (χ1v) is 5.97. The first kappa shape index (κ1) is 15.0. The Labute approximate surface area is 112 Å². The Morgan fingerprint density at radius 1 is 1.37 bits per heavy atom. The molecule has 0 atom stereocenters. The normalized spacial score (nSPS) is 15.8. The number of ether oxygens (including phenoxy) is 2. The van der Waals surface area contributed by atoms with Crippen molar-refractivity contribution in [1.29, 1.82) is 5.26 Å². The van der Waals surface area contributed by atoms with Crippen LogP contribution in [-0.2, 0) is 14.3 Å². The van der Waals surface area contributed by atoms with E-state index in [-0.39, 0.29) is 12.1 Å². The van der Waals surface area contributed by atoms with Crippen molar-refractivity contribution in [3.63, 3.8) is 0 Å². The number of hydrogen-bond acceptors (Lipinski definition) is 5. The molecule has 19 heavy (non-hydrogen) atoms. The highest BCUT2D eigenvalue weighted by Gasteiger charge is 2.30. The fourth-order valence-corrected chi connectivity index (χ4v) is 1.68. The van der Waals surface area contributed by atoms with Gasteiger partial charge in [0.25, 0.3) is 0 Å². The maximum Gasteiger partial charge on any atom is 0.410 e. The predicted octanol–water partition coefficient (Wildman–Crippen LogP) is 1.62. The Hall–Kier alpha value is -2.03. The predicted molar refractivity (Wildman–Crippen MR) is 67.1 cm³/mol. The minimum absolute atomic E-state index is 0.0461. The number of nitriles is 1. The van der Waals surface area contributed by atoms with E-state index in [1.165, 1.54) is 12.0 Å². The van der Waals surface area contributed by atoms with Gasteiger partial charge in [-0.1, -0.05) is 0 Å². The van der Waals surface area contributed by atoms with Gasteiger partial charge in [-0.05, 0) is 20.8 Å². The lowest BCUT2D eigenvalue weighted by molar-refractivity contribution is -0.136. The molecule has 0 saturated heterocycles. The van der Waals surface area contributed by atoms with Crippen LogP contribution in [0.25, 0.3) is 0 Å². The monoisotopic (exact) mass is 266 g/mol. The zero-order chi connectivity index (χ0) is 14.6. The zero-order valence-corrected chi connectivity index (χ0v) is 11.6. The third-order valence-corrected chi connectivity index (χ3v) is 2.56. The first-order valence-electron chi connectivity index (χ1n) is 5.97. The van der Waals surface area contributed by atoms with Crippen molar-refractivity contribution < 1.29 is 19.1 Å². The van der Waals surface area contributed by atoms with Crippen LogP contribution in [0.3, 0.4) is 0 Å². The summed E-state index contributed by atoms with van der Waals surface area (Å²) in [6.45, 7) is 5.72. The molecule has 0 fully saturated rings. The third kappa shape index (κ3) is 3.98. The van der Waals surface area contributed by atoms with Gasteiger partial charge in [-0.3, -0.25) is 0 Å². The largest absolute Gasteiger partial charge is 0.466 e. The van der Waals surface area contributed by atoms with Crippen LogP contribution in [0.5, 0.6) is 0 Å². The minimum atomic E-state index is -0.596. The van der Waals surface area contributed by atoms with Gasteiger partial charge in [-0.25, -0.2) is 9.59 Å². The molecule has 0 aromatic carbocycles. The van der Waals surface area contributed by atoms with E-state index in [1.807, 2.05) is 6.07 Å². The summed E-state index contributed by atoms with van der Waals surface area (Å²) in [5.74, 6) is -0.579. The van der Waals surface area contributed by atoms with Crippen LogP contribution in [0, 0.1) is 11.3 Å². The van der Waals surface area contributed by atoms with E-state index >= 15 is 0 Å². The fraction of sp³-hybridized carbons (Fsp3) is 0.615. The van der Waals surface area contributed by atoms with Crippen molar-refractivity contribution in [3.8, 4) is 6.07 Å². The minimum Gasteiger partial charge on any atom is -0.466 e. The quantitative estimate of drug-likeness (QED) is 0.674. The van der Waals surface area contributed by atoms with Crippen LogP contribution in [-0.4, -0.2) is 42.8 Å². The Kier molecular flexibility index (Phi) is 4.54. The highest BCUT2D eigenvalue weighted by molar-refractivity contribution is 5.91. The first-order chi connectivity index (χ1) is 8.78. The lowest BCUT2D eigenvalue weighted by atomic mass is 10.0. The molecule has 1 rings (SSSR count). The van der Waals surface area contributed by atoms with Crippen molar-refractivity contribution >= 4 is 12.1 Å². The summed E-state index contributed by atoms with van der Waals surface area (Å²) in [5.41, 5.74) is -0.00405. The molecule has 0 saturated carbocycles. The van der Waals surface area contributed by atoms with Gasteiger partial charge in [0.1, 0.15) is 5.60 Å². The van der Waals surface area contributed by atoms with Gasteiger partial charge >= 0.3 is 12.1 Å². The van der Waals surface area contributed by atoms with Crippen LogP contribution < -0.4 is 0 Å². The Balaban J connectivity index is 2.85. The van der Waals surface area contributed by atoms with Gasteiger partial charge in [0, 0.05) is 18.5 Å². The summed E-state index contributed by atoms with van der Waals surface area (Å²) in [4.78, 5) is 24.9. The summed E-state index contributed by atoms with van der Waals surface area (Å²) in [6.07, 6.45) is -0.161. The second-order valence-corrected chi connectivity index (χ2v) is 5.21. The lowest BCUT2D eigenvalue weighted by Crippen LogP contribution is -2.42. The molecule has 0 aromatic rings. The van der Waals surface area contributed by atoms with E-state index in [0.717, 1.165) is 0 Å². The number of methoxy groups -OCH3 is 1. The lowest BCUT2D eigenvalue weighted by Gasteiger charge is -2.30. The number of carbonyl (C=O) groups excluding carboxylic acids is 2. The molecule has 0 radical (unpaired) electrons. The van der Waals surface area contributed by atoms with Crippen molar-refractivity contribution in [2.24, 2.45) is 0 Å². The number of carbonyl (C=O) groups is 2. The van der Waals surface area contributed by atoms with Crippen LogP contribution in [0.1, 0.15) is 27.2 Å². The molecular formula is C13H18N2O4. The molecule has 104 valence electrons. The Morgan fingerprint density at radius 2 is 2.00 bits per heavy atom. The second kappa shape index (κ2) is 5.74. The van der Waals surface area contributed by atoms with Crippen LogP contribution in [0.2, 0.25) is 0 Å². The molecule has 6 heteroatoms. The molecule has 1 aliphatic rings. The topological polar surface area (TPSA) is 79.6 Å². The molecule has 0 spiro atoms. The van der Waals surface area contributed by atoms with Gasteiger partial charge in [0.15, 0.2) is 0 Å².